The Balaban J connectivity index is 1.49. The Morgan fingerprint density at radius 2 is 1.62 bits per heavy atom. The molecule has 11 heteroatoms. The number of anilines is 2. The molecule has 1 aliphatic rings. The van der Waals surface area contributed by atoms with Gasteiger partial charge in [-0.05, 0) is 49.4 Å². The van der Waals surface area contributed by atoms with Crippen LogP contribution in [-0.4, -0.2) is 30.6 Å². The van der Waals surface area contributed by atoms with Crippen molar-refractivity contribution in [2.75, 3.05) is 5.32 Å². The number of esters is 1. The Kier molecular flexibility index (Phi) is 9.35. The molecule has 0 bridgehead atoms. The highest BCUT2D eigenvalue weighted by Gasteiger charge is 2.27. The second kappa shape index (κ2) is 12.4. The predicted octanol–water partition coefficient (Wildman–Crippen LogP) is 6.33. The van der Waals surface area contributed by atoms with Crippen LogP contribution >= 0.6 is 23.2 Å². The van der Waals surface area contributed by atoms with Crippen molar-refractivity contribution < 1.29 is 28.6 Å². The molecule has 0 amide bonds. The van der Waals surface area contributed by atoms with E-state index in [0.717, 1.165) is 5.56 Å². The molecule has 2 aromatic carbocycles. The van der Waals surface area contributed by atoms with Gasteiger partial charge in [-0.25, -0.2) is 4.79 Å². The quantitative estimate of drug-likeness (QED) is 0.180. The maximum Gasteiger partial charge on any atom is 0.511 e. The number of ether oxygens (including phenoxy) is 3. The monoisotopic (exact) mass is 510 g/mol. The van der Waals surface area contributed by atoms with Gasteiger partial charge in [0, 0.05) is 12.6 Å². The maximum atomic E-state index is 12.6. The van der Waals surface area contributed by atoms with E-state index in [0.29, 0.717) is 47.1 Å². The van der Waals surface area contributed by atoms with Gasteiger partial charge in [-0.15, -0.1) is 4.91 Å². The summed E-state index contributed by atoms with van der Waals surface area (Å²) in [6.45, 7) is 1.34. The van der Waals surface area contributed by atoms with Crippen LogP contribution in [0, 0.1) is 4.91 Å². The molecule has 0 radical (unpaired) electrons. The molecule has 0 aromatic heterocycles. The fourth-order valence-electron chi connectivity index (χ4n) is 3.58. The minimum absolute atomic E-state index is 0.0661. The molecule has 0 spiro atoms. The number of para-hydroxylation sites is 2. The molecular weight excluding hydrogens is 487 g/mol. The molecule has 1 fully saturated rings. The molecule has 1 aliphatic carbocycles. The summed E-state index contributed by atoms with van der Waals surface area (Å²) in [7, 11) is 0. The van der Waals surface area contributed by atoms with E-state index in [1.807, 2.05) is 24.3 Å². The van der Waals surface area contributed by atoms with Crippen LogP contribution in [0.15, 0.2) is 47.8 Å². The normalized spacial score (nSPS) is 18.3. The summed E-state index contributed by atoms with van der Waals surface area (Å²) in [5.74, 6) is -0.365. The van der Waals surface area contributed by atoms with Crippen molar-refractivity contribution in [3.05, 3.63) is 63.0 Å². The van der Waals surface area contributed by atoms with Crippen molar-refractivity contribution in [3.8, 4) is 0 Å². The van der Waals surface area contributed by atoms with E-state index < -0.39 is 12.4 Å². The third-order valence-electron chi connectivity index (χ3n) is 5.21. The molecule has 1 N–H and O–H groups in total. The van der Waals surface area contributed by atoms with Crippen molar-refractivity contribution in [1.82, 2.24) is 0 Å². The lowest BCUT2D eigenvalue weighted by Gasteiger charge is -2.28. The summed E-state index contributed by atoms with van der Waals surface area (Å²) >= 11 is 12.5. The Labute approximate surface area is 206 Å². The number of rotatable bonds is 9. The molecule has 1 atom stereocenters. The van der Waals surface area contributed by atoms with Crippen LogP contribution in [0.1, 0.15) is 38.2 Å². The van der Waals surface area contributed by atoms with Crippen LogP contribution in [-0.2, 0) is 30.3 Å². The Bertz CT molecular complexity index is 992. The summed E-state index contributed by atoms with van der Waals surface area (Å²) in [4.78, 5) is 38.5. The molecule has 34 heavy (non-hydrogen) atoms. The van der Waals surface area contributed by atoms with Crippen molar-refractivity contribution in [3.63, 3.8) is 0 Å². The van der Waals surface area contributed by atoms with Gasteiger partial charge in [-0.1, -0.05) is 47.5 Å². The molecule has 1 saturated carbocycles. The number of hydrogen-bond acceptors (Lipinski definition) is 9. The standard InChI is InChI=1S/C23H24Cl2N2O7/c1-14(34-27-30)31-23(29)33-17-11-9-16(10-12-17)32-21(28)13-15-5-2-3-8-20(15)26-22-18(24)6-4-7-19(22)25/h2-8,14,16-17,26H,9-13H2,1H3. The molecule has 2 aromatic rings. The second-order valence-corrected chi connectivity index (χ2v) is 8.49. The van der Waals surface area contributed by atoms with Gasteiger partial charge in [-0.2, -0.15) is 0 Å². The van der Waals surface area contributed by atoms with Gasteiger partial charge in [0.1, 0.15) is 12.2 Å². The number of benzene rings is 2. The molecule has 0 heterocycles. The van der Waals surface area contributed by atoms with E-state index in [2.05, 4.69) is 15.5 Å². The van der Waals surface area contributed by atoms with Crippen molar-refractivity contribution in [2.45, 2.75) is 57.5 Å². The third kappa shape index (κ3) is 7.50. The van der Waals surface area contributed by atoms with Crippen LogP contribution in [0.3, 0.4) is 0 Å². The van der Waals surface area contributed by atoms with E-state index in [4.69, 9.17) is 37.4 Å². The summed E-state index contributed by atoms with van der Waals surface area (Å²) in [6, 6.07) is 12.5. The summed E-state index contributed by atoms with van der Waals surface area (Å²) in [5, 5.41) is 6.32. The van der Waals surface area contributed by atoms with Gasteiger partial charge in [0.2, 0.25) is 0 Å². The maximum absolute atomic E-state index is 12.6. The van der Waals surface area contributed by atoms with Gasteiger partial charge in [0.25, 0.3) is 6.29 Å². The summed E-state index contributed by atoms with van der Waals surface area (Å²) in [5.41, 5.74) is 2.00. The first-order chi connectivity index (χ1) is 16.4. The van der Waals surface area contributed by atoms with E-state index >= 15 is 0 Å². The van der Waals surface area contributed by atoms with Crippen LogP contribution in [0.25, 0.3) is 0 Å². The SMILES string of the molecule is CC(ON=O)OC(=O)OC1CCC(OC(=O)Cc2ccccc2Nc2c(Cl)cccc2Cl)CC1. The topological polar surface area (TPSA) is 113 Å². The van der Waals surface area contributed by atoms with E-state index in [9.17, 15) is 14.5 Å². The Morgan fingerprint density at radius 1 is 1.00 bits per heavy atom. The van der Waals surface area contributed by atoms with Crippen LogP contribution in [0.4, 0.5) is 16.2 Å². The lowest BCUT2D eigenvalue weighted by molar-refractivity contribution is -0.152. The Hall–Kier alpha value is -3.04. The van der Waals surface area contributed by atoms with Crippen LogP contribution < -0.4 is 5.32 Å². The number of carbonyl (C=O) groups excluding carboxylic acids is 2. The average molecular weight is 511 g/mol. The number of hydrogen-bond donors (Lipinski definition) is 1. The largest absolute Gasteiger partial charge is 0.511 e. The first-order valence-corrected chi connectivity index (χ1v) is 11.5. The number of nitrogens with one attached hydrogen (secondary N) is 1. The minimum atomic E-state index is -1.13. The van der Waals surface area contributed by atoms with Gasteiger partial charge in [0.05, 0.1) is 22.2 Å². The van der Waals surface area contributed by atoms with E-state index in [1.165, 1.54) is 6.92 Å². The smallest absolute Gasteiger partial charge is 0.462 e. The fourth-order valence-corrected chi connectivity index (χ4v) is 4.07. The fraction of sp³-hybridized carbons (Fsp3) is 0.391. The highest BCUT2D eigenvalue weighted by molar-refractivity contribution is 6.39. The van der Waals surface area contributed by atoms with Gasteiger partial charge in [0.15, 0.2) is 5.34 Å². The first-order valence-electron chi connectivity index (χ1n) is 10.7. The zero-order chi connectivity index (χ0) is 24.5. The molecule has 0 aliphatic heterocycles. The summed E-state index contributed by atoms with van der Waals surface area (Å²) < 4.78 is 15.6. The highest BCUT2D eigenvalue weighted by Crippen LogP contribution is 2.34. The number of halogens is 2. The molecular formula is C23H24Cl2N2O7. The molecule has 9 nitrogen and oxygen atoms in total. The minimum Gasteiger partial charge on any atom is -0.462 e. The van der Waals surface area contributed by atoms with Crippen LogP contribution in [0.2, 0.25) is 10.0 Å². The molecule has 1 unspecified atom stereocenters. The number of carbonyl (C=O) groups is 2. The molecule has 3 rings (SSSR count). The molecule has 182 valence electrons. The summed E-state index contributed by atoms with van der Waals surface area (Å²) in [6.07, 6.45) is -0.549. The van der Waals surface area contributed by atoms with Gasteiger partial charge in [-0.3, -0.25) is 4.79 Å². The van der Waals surface area contributed by atoms with Crippen molar-refractivity contribution in [2.24, 2.45) is 5.34 Å². The number of nitrogens with zero attached hydrogens (tertiary/aromatic N) is 1. The van der Waals surface area contributed by atoms with Crippen LogP contribution in [0.5, 0.6) is 0 Å². The molecule has 0 saturated heterocycles. The zero-order valence-electron chi connectivity index (χ0n) is 18.4. The lowest BCUT2D eigenvalue weighted by atomic mass is 9.95. The predicted molar refractivity (Wildman–Crippen MR) is 126 cm³/mol. The highest BCUT2D eigenvalue weighted by atomic mass is 35.5. The first kappa shape index (κ1) is 25.6. The third-order valence-corrected chi connectivity index (χ3v) is 5.84. The van der Waals surface area contributed by atoms with E-state index in [1.54, 1.807) is 18.2 Å². The van der Waals surface area contributed by atoms with Gasteiger partial charge < -0.3 is 24.4 Å². The van der Waals surface area contributed by atoms with Crippen molar-refractivity contribution >= 4 is 46.7 Å². The average Bonchev–Trinajstić information content (AvgIpc) is 2.79. The second-order valence-electron chi connectivity index (χ2n) is 7.68. The Morgan fingerprint density at radius 3 is 2.26 bits per heavy atom. The lowest BCUT2D eigenvalue weighted by Crippen LogP contribution is -2.31. The zero-order valence-corrected chi connectivity index (χ0v) is 19.9. The van der Waals surface area contributed by atoms with Gasteiger partial charge >= 0.3 is 12.1 Å². The van der Waals surface area contributed by atoms with E-state index in [-0.39, 0.29) is 24.6 Å². The van der Waals surface area contributed by atoms with Crippen molar-refractivity contribution in [1.29, 1.82) is 0 Å².